The number of thiol groups is 1. The molecule has 0 bridgehead atoms. The van der Waals surface area contributed by atoms with Crippen molar-refractivity contribution in [3.05, 3.63) is 0 Å². The van der Waals surface area contributed by atoms with E-state index in [2.05, 4.69) is 16.5 Å². The maximum Gasteiger partial charge on any atom is 0.330 e. The van der Waals surface area contributed by atoms with Crippen LogP contribution in [0.25, 0.3) is 0 Å². The predicted molar refractivity (Wildman–Crippen MR) is 70.5 cm³/mol. The molecule has 1 rings (SSSR count). The smallest absolute Gasteiger partial charge is 0.330 e. The molecule has 17 heavy (non-hydrogen) atoms. The van der Waals surface area contributed by atoms with Crippen molar-refractivity contribution in [3.8, 4) is 0 Å². The third-order valence-corrected chi connectivity index (χ3v) is 4.29. The molecule has 96 valence electrons. The monoisotopic (exact) mass is 295 g/mol. The van der Waals surface area contributed by atoms with E-state index in [0.29, 0.717) is 5.06 Å². The Bertz CT molecular complexity index is 323. The van der Waals surface area contributed by atoms with Crippen LogP contribution in [0.4, 0.5) is 0 Å². The van der Waals surface area contributed by atoms with Crippen LogP contribution in [0.2, 0.25) is 0 Å². The van der Waals surface area contributed by atoms with Gasteiger partial charge >= 0.3 is 5.97 Å². The number of hydrogen-bond acceptors (Lipinski definition) is 7. The molecule has 0 aliphatic carbocycles. The van der Waals surface area contributed by atoms with Gasteiger partial charge in [0, 0.05) is 12.7 Å². The number of hydrogen-bond donors (Lipinski definition) is 1. The van der Waals surface area contributed by atoms with Gasteiger partial charge in [-0.15, -0.1) is 28.5 Å². The van der Waals surface area contributed by atoms with E-state index in [9.17, 15) is 14.4 Å². The van der Waals surface area contributed by atoms with Gasteiger partial charge in [0.25, 0.3) is 11.8 Å². The van der Waals surface area contributed by atoms with Crippen molar-refractivity contribution < 1.29 is 19.2 Å². The van der Waals surface area contributed by atoms with Crippen molar-refractivity contribution in [1.82, 2.24) is 5.06 Å². The highest BCUT2D eigenvalue weighted by Gasteiger charge is 2.41. The van der Waals surface area contributed by atoms with Crippen LogP contribution in [0.5, 0.6) is 0 Å². The van der Waals surface area contributed by atoms with E-state index in [4.69, 9.17) is 0 Å². The Kier molecular flexibility index (Phi) is 6.21. The van der Waals surface area contributed by atoms with E-state index in [-0.39, 0.29) is 6.42 Å². The van der Waals surface area contributed by atoms with Crippen LogP contribution in [0.1, 0.15) is 19.8 Å². The van der Waals surface area contributed by atoms with Crippen LogP contribution in [0, 0.1) is 0 Å². The van der Waals surface area contributed by atoms with Gasteiger partial charge in [0.15, 0.2) is 0 Å². The van der Waals surface area contributed by atoms with Crippen LogP contribution in [0.15, 0.2) is 0 Å². The van der Waals surface area contributed by atoms with Gasteiger partial charge in [0.05, 0.1) is 11.7 Å². The number of imide groups is 1. The maximum absolute atomic E-state index is 11.7. The minimum Gasteiger partial charge on any atom is -0.331 e. The third kappa shape index (κ3) is 4.44. The van der Waals surface area contributed by atoms with Crippen LogP contribution in [-0.4, -0.2) is 39.6 Å². The lowest BCUT2D eigenvalue weighted by Gasteiger charge is -2.11. The summed E-state index contributed by atoms with van der Waals surface area (Å²) in [5, 5.41) is 0.152. The van der Waals surface area contributed by atoms with E-state index >= 15 is 0 Å². The summed E-state index contributed by atoms with van der Waals surface area (Å²) in [6.07, 6.45) is 1.02. The number of nitrogens with zero attached hydrogens (tertiary/aromatic N) is 1. The fraction of sp³-hybridized carbons (Fsp3) is 0.667. The van der Waals surface area contributed by atoms with Gasteiger partial charge < -0.3 is 4.84 Å². The maximum atomic E-state index is 11.7. The molecule has 0 radical (unpaired) electrons. The van der Waals surface area contributed by atoms with Crippen LogP contribution in [-0.2, 0) is 19.2 Å². The molecule has 0 saturated carbocycles. The van der Waals surface area contributed by atoms with Gasteiger partial charge in [-0.25, -0.2) is 4.79 Å². The highest BCUT2D eigenvalue weighted by molar-refractivity contribution is 8.68. The second kappa shape index (κ2) is 7.17. The lowest BCUT2D eigenvalue weighted by atomic mass is 10.4. The molecule has 0 spiro atoms. The Hall–Kier alpha value is -0.340. The third-order valence-electron chi connectivity index (χ3n) is 1.98. The molecule has 1 saturated heterocycles. The van der Waals surface area contributed by atoms with Gasteiger partial charge in [-0.1, -0.05) is 10.8 Å². The van der Waals surface area contributed by atoms with E-state index in [0.717, 1.165) is 24.9 Å². The van der Waals surface area contributed by atoms with Crippen LogP contribution in [0.3, 0.4) is 0 Å². The Morgan fingerprint density at radius 2 is 2.24 bits per heavy atom. The number of amides is 2. The number of carbonyl (C=O) groups excluding carboxylic acids is 3. The Labute approximate surface area is 113 Å². The van der Waals surface area contributed by atoms with Crippen LogP contribution >= 0.6 is 34.2 Å². The molecule has 0 N–H and O–H groups in total. The van der Waals surface area contributed by atoms with Gasteiger partial charge in [0.1, 0.15) is 0 Å². The standard InChI is InChI=1S/C9H13NO4S3/c1-6(11)14-10-8(12)5-7(9(10)13)16-3-2-4-17-15/h7,15H,2-5H2,1H3. The Morgan fingerprint density at radius 3 is 2.82 bits per heavy atom. The molecule has 0 aromatic heterocycles. The molecule has 0 aromatic rings. The molecule has 1 fully saturated rings. The van der Waals surface area contributed by atoms with Crippen molar-refractivity contribution in [2.24, 2.45) is 0 Å². The molecule has 1 unspecified atom stereocenters. The lowest BCUT2D eigenvalue weighted by molar-refractivity contribution is -0.195. The first-order valence-corrected chi connectivity index (χ1v) is 8.08. The van der Waals surface area contributed by atoms with Crippen molar-refractivity contribution in [2.45, 2.75) is 25.0 Å². The molecule has 5 nitrogen and oxygen atoms in total. The van der Waals surface area contributed by atoms with Gasteiger partial charge in [-0.2, -0.15) is 0 Å². The average molecular weight is 295 g/mol. The molecule has 1 aliphatic rings. The second-order valence-corrected chi connectivity index (χ2v) is 6.11. The summed E-state index contributed by atoms with van der Waals surface area (Å²) in [4.78, 5) is 38.4. The van der Waals surface area contributed by atoms with E-state index < -0.39 is 23.0 Å². The summed E-state index contributed by atoms with van der Waals surface area (Å²) in [6.45, 7) is 1.16. The molecule has 2 amide bonds. The van der Waals surface area contributed by atoms with Gasteiger partial charge in [0.2, 0.25) is 0 Å². The van der Waals surface area contributed by atoms with Crippen molar-refractivity contribution in [2.75, 3.05) is 11.5 Å². The highest BCUT2D eigenvalue weighted by Crippen LogP contribution is 2.26. The van der Waals surface area contributed by atoms with Crippen molar-refractivity contribution in [3.63, 3.8) is 0 Å². The largest absolute Gasteiger partial charge is 0.331 e. The van der Waals surface area contributed by atoms with E-state index in [1.807, 2.05) is 0 Å². The minimum absolute atomic E-state index is 0.102. The highest BCUT2D eigenvalue weighted by atomic mass is 33.1. The zero-order valence-electron chi connectivity index (χ0n) is 9.25. The molecule has 0 aromatic carbocycles. The summed E-state index contributed by atoms with van der Waals surface area (Å²) in [6, 6.07) is 0. The van der Waals surface area contributed by atoms with Crippen LogP contribution < -0.4 is 0 Å². The fourth-order valence-electron chi connectivity index (χ4n) is 1.29. The first kappa shape index (κ1) is 14.7. The SMILES string of the molecule is CC(=O)ON1C(=O)CC(SCCCSS)C1=O. The number of rotatable bonds is 6. The van der Waals surface area contributed by atoms with Crippen molar-refractivity contribution in [1.29, 1.82) is 0 Å². The first-order valence-electron chi connectivity index (χ1n) is 4.99. The number of carbonyl (C=O) groups is 3. The molecular formula is C9H13NO4S3. The Morgan fingerprint density at radius 1 is 1.53 bits per heavy atom. The number of thioether (sulfide) groups is 1. The summed E-state index contributed by atoms with van der Waals surface area (Å²) in [7, 11) is 1.44. The second-order valence-electron chi connectivity index (χ2n) is 3.36. The quantitative estimate of drug-likeness (QED) is 0.345. The van der Waals surface area contributed by atoms with E-state index in [1.165, 1.54) is 22.6 Å². The first-order chi connectivity index (χ1) is 8.06. The minimum atomic E-state index is -0.663. The topological polar surface area (TPSA) is 63.7 Å². The lowest BCUT2D eigenvalue weighted by Crippen LogP contribution is -2.33. The number of hydroxylamine groups is 2. The summed E-state index contributed by atoms with van der Waals surface area (Å²) in [5.41, 5.74) is 0. The van der Waals surface area contributed by atoms with Gasteiger partial charge in [-0.3, -0.25) is 9.59 Å². The van der Waals surface area contributed by atoms with Crippen molar-refractivity contribution >= 4 is 52.0 Å². The zero-order chi connectivity index (χ0) is 12.8. The average Bonchev–Trinajstić information content (AvgIpc) is 2.52. The molecule has 1 aliphatic heterocycles. The molecular weight excluding hydrogens is 282 g/mol. The van der Waals surface area contributed by atoms with E-state index in [1.54, 1.807) is 0 Å². The molecule has 1 heterocycles. The normalized spacial score (nSPS) is 19.9. The zero-order valence-corrected chi connectivity index (χ0v) is 11.8. The van der Waals surface area contributed by atoms with Gasteiger partial charge in [-0.05, 0) is 12.2 Å². The molecule has 1 atom stereocenters. The Balaban J connectivity index is 2.41. The summed E-state index contributed by atoms with van der Waals surface area (Å²) in [5.74, 6) is 0.132. The summed E-state index contributed by atoms with van der Waals surface area (Å²) >= 11 is 5.42. The molecule has 8 heteroatoms. The predicted octanol–water partition coefficient (Wildman–Crippen LogP) is 1.29. The fourth-order valence-corrected chi connectivity index (χ4v) is 3.22. The summed E-state index contributed by atoms with van der Waals surface area (Å²) < 4.78 is 0.